The van der Waals surface area contributed by atoms with E-state index >= 15 is 0 Å². The van der Waals surface area contributed by atoms with Crippen LogP contribution in [0.1, 0.15) is 37.3 Å². The van der Waals surface area contributed by atoms with Crippen LogP contribution in [0.4, 0.5) is 0 Å². The van der Waals surface area contributed by atoms with Gasteiger partial charge in [-0.25, -0.2) is 0 Å². The molecule has 0 heterocycles. The molecule has 0 unspecified atom stereocenters. The van der Waals surface area contributed by atoms with Crippen LogP contribution in [0, 0.1) is 5.92 Å². The molecule has 21 heavy (non-hydrogen) atoms. The summed E-state index contributed by atoms with van der Waals surface area (Å²) >= 11 is 0. The Morgan fingerprint density at radius 3 is 2.57 bits per heavy atom. The molecule has 0 spiro atoms. The summed E-state index contributed by atoms with van der Waals surface area (Å²) in [6.45, 7) is 0.561. The summed E-state index contributed by atoms with van der Waals surface area (Å²) < 4.78 is 5.17. The van der Waals surface area contributed by atoms with Gasteiger partial charge < -0.3 is 21.5 Å². The van der Waals surface area contributed by atoms with Crippen molar-refractivity contribution in [1.29, 1.82) is 0 Å². The van der Waals surface area contributed by atoms with Crippen LogP contribution in [0.2, 0.25) is 0 Å². The van der Waals surface area contributed by atoms with Crippen LogP contribution in [-0.4, -0.2) is 25.6 Å². The van der Waals surface area contributed by atoms with Crippen LogP contribution in [0.3, 0.4) is 0 Å². The first-order chi connectivity index (χ1) is 10.2. The van der Waals surface area contributed by atoms with Crippen molar-refractivity contribution in [1.82, 2.24) is 5.32 Å². The van der Waals surface area contributed by atoms with Crippen molar-refractivity contribution in [2.75, 3.05) is 13.7 Å². The minimum absolute atomic E-state index is 0.0485. The Labute approximate surface area is 126 Å². The highest BCUT2D eigenvalue weighted by atomic mass is 16.5. The molecular weight excluding hydrogens is 266 g/mol. The van der Waals surface area contributed by atoms with E-state index < -0.39 is 6.04 Å². The van der Waals surface area contributed by atoms with Crippen LogP contribution < -0.4 is 21.5 Å². The maximum absolute atomic E-state index is 12.2. The lowest BCUT2D eigenvalue weighted by atomic mass is 10.0. The molecule has 5 heteroatoms. The Bertz CT molecular complexity index is 457. The van der Waals surface area contributed by atoms with Gasteiger partial charge in [0.1, 0.15) is 5.75 Å². The molecule has 0 bridgehead atoms. The maximum Gasteiger partial charge on any atom is 0.237 e. The van der Waals surface area contributed by atoms with Gasteiger partial charge >= 0.3 is 0 Å². The van der Waals surface area contributed by atoms with E-state index in [0.29, 0.717) is 18.9 Å². The van der Waals surface area contributed by atoms with Crippen LogP contribution in [-0.2, 0) is 4.79 Å². The largest absolute Gasteiger partial charge is 0.497 e. The van der Waals surface area contributed by atoms with Gasteiger partial charge in [-0.2, -0.15) is 0 Å². The van der Waals surface area contributed by atoms with E-state index in [9.17, 15) is 4.79 Å². The number of benzene rings is 1. The predicted molar refractivity (Wildman–Crippen MR) is 82.9 cm³/mol. The first kappa shape index (κ1) is 15.8. The molecule has 0 radical (unpaired) electrons. The molecule has 1 aromatic carbocycles. The summed E-state index contributed by atoms with van der Waals surface area (Å²) in [5.74, 6) is 1.25. The van der Waals surface area contributed by atoms with Crippen LogP contribution in [0.25, 0.3) is 0 Å². The Hall–Kier alpha value is -1.59. The van der Waals surface area contributed by atoms with E-state index in [2.05, 4.69) is 5.32 Å². The average molecular weight is 291 g/mol. The number of hydrogen-bond donors (Lipinski definition) is 3. The lowest BCUT2D eigenvalue weighted by Crippen LogP contribution is -2.43. The second-order valence-corrected chi connectivity index (χ2v) is 5.63. The van der Waals surface area contributed by atoms with E-state index in [0.717, 1.165) is 30.6 Å². The van der Waals surface area contributed by atoms with E-state index in [1.54, 1.807) is 7.11 Å². The third-order valence-corrected chi connectivity index (χ3v) is 3.92. The minimum Gasteiger partial charge on any atom is -0.497 e. The standard InChI is InChI=1S/C16H25N3O2/c1-21-13-8-6-12(7-9-13)15(11-4-5-11)19-16(20)14(18)3-2-10-17/h6-9,11,14-15H,2-5,10,17-18H2,1H3,(H,19,20)/t14-,15+/m1/s1. The molecule has 1 aliphatic carbocycles. The van der Waals surface area contributed by atoms with Gasteiger partial charge in [-0.1, -0.05) is 12.1 Å². The molecule has 116 valence electrons. The van der Waals surface area contributed by atoms with Gasteiger partial charge in [-0.05, 0) is 55.8 Å². The van der Waals surface area contributed by atoms with Crippen molar-refractivity contribution in [2.24, 2.45) is 17.4 Å². The fourth-order valence-electron chi connectivity index (χ4n) is 2.44. The third-order valence-electron chi connectivity index (χ3n) is 3.92. The molecule has 5 nitrogen and oxygen atoms in total. The van der Waals surface area contributed by atoms with Crippen LogP contribution in [0.15, 0.2) is 24.3 Å². The zero-order valence-electron chi connectivity index (χ0n) is 12.5. The molecule has 5 N–H and O–H groups in total. The number of amides is 1. The highest BCUT2D eigenvalue weighted by Gasteiger charge is 2.34. The number of nitrogens with one attached hydrogen (secondary N) is 1. The lowest BCUT2D eigenvalue weighted by Gasteiger charge is -2.21. The van der Waals surface area contributed by atoms with Gasteiger partial charge in [-0.3, -0.25) is 4.79 Å². The number of rotatable bonds is 8. The third kappa shape index (κ3) is 4.44. The quantitative estimate of drug-likeness (QED) is 0.674. The Kier molecular flexibility index (Phi) is 5.59. The molecule has 0 saturated heterocycles. The molecule has 0 aromatic heterocycles. The van der Waals surface area contributed by atoms with Gasteiger partial charge in [0.05, 0.1) is 19.2 Å². The fraction of sp³-hybridized carbons (Fsp3) is 0.562. The summed E-state index contributed by atoms with van der Waals surface area (Å²) in [5, 5.41) is 3.10. The van der Waals surface area contributed by atoms with Gasteiger partial charge in [-0.15, -0.1) is 0 Å². The number of hydrogen-bond acceptors (Lipinski definition) is 4. The summed E-state index contributed by atoms with van der Waals surface area (Å²) in [7, 11) is 1.64. The molecule has 2 atom stereocenters. The smallest absolute Gasteiger partial charge is 0.237 e. The second-order valence-electron chi connectivity index (χ2n) is 5.63. The molecule has 1 saturated carbocycles. The average Bonchev–Trinajstić information content (AvgIpc) is 3.34. The topological polar surface area (TPSA) is 90.4 Å². The SMILES string of the molecule is COc1ccc([C@@H](NC(=O)[C@H](N)CCCN)C2CC2)cc1. The Morgan fingerprint density at radius 1 is 1.38 bits per heavy atom. The van der Waals surface area contributed by atoms with Crippen molar-refractivity contribution >= 4 is 5.91 Å². The summed E-state index contributed by atoms with van der Waals surface area (Å²) in [5.41, 5.74) is 12.5. The summed E-state index contributed by atoms with van der Waals surface area (Å²) in [6, 6.07) is 7.43. The van der Waals surface area contributed by atoms with E-state index in [-0.39, 0.29) is 11.9 Å². The Morgan fingerprint density at radius 2 is 2.05 bits per heavy atom. The number of carbonyl (C=O) groups is 1. The zero-order valence-corrected chi connectivity index (χ0v) is 12.5. The van der Waals surface area contributed by atoms with Gasteiger partial charge in [0.2, 0.25) is 5.91 Å². The van der Waals surface area contributed by atoms with E-state index in [4.69, 9.17) is 16.2 Å². The number of nitrogens with two attached hydrogens (primary N) is 2. The van der Waals surface area contributed by atoms with Crippen LogP contribution >= 0.6 is 0 Å². The molecule has 2 rings (SSSR count). The first-order valence-corrected chi connectivity index (χ1v) is 7.55. The van der Waals surface area contributed by atoms with Crippen molar-refractivity contribution in [3.05, 3.63) is 29.8 Å². The summed E-state index contributed by atoms with van der Waals surface area (Å²) in [6.07, 6.45) is 3.69. The van der Waals surface area contributed by atoms with Crippen molar-refractivity contribution in [3.63, 3.8) is 0 Å². The predicted octanol–water partition coefficient (Wildman–Crippen LogP) is 1.33. The number of carbonyl (C=O) groups excluding carboxylic acids is 1. The lowest BCUT2D eigenvalue weighted by molar-refractivity contribution is -0.123. The molecule has 1 aliphatic rings. The maximum atomic E-state index is 12.2. The monoisotopic (exact) mass is 291 g/mol. The van der Waals surface area contributed by atoms with Gasteiger partial charge in [0.25, 0.3) is 0 Å². The van der Waals surface area contributed by atoms with Gasteiger partial charge in [0, 0.05) is 0 Å². The highest BCUT2D eigenvalue weighted by molar-refractivity contribution is 5.82. The zero-order chi connectivity index (χ0) is 15.2. The molecule has 0 aliphatic heterocycles. The number of methoxy groups -OCH3 is 1. The number of ether oxygens (including phenoxy) is 1. The molecule has 1 amide bonds. The fourth-order valence-corrected chi connectivity index (χ4v) is 2.44. The van der Waals surface area contributed by atoms with Crippen molar-refractivity contribution < 1.29 is 9.53 Å². The molecular formula is C16H25N3O2. The Balaban J connectivity index is 2.00. The second kappa shape index (κ2) is 7.43. The minimum atomic E-state index is -0.479. The summed E-state index contributed by atoms with van der Waals surface area (Å²) in [4.78, 5) is 12.2. The van der Waals surface area contributed by atoms with Gasteiger partial charge in [0.15, 0.2) is 0 Å². The normalized spacial score (nSPS) is 17.1. The van der Waals surface area contributed by atoms with Crippen LogP contribution in [0.5, 0.6) is 5.75 Å². The first-order valence-electron chi connectivity index (χ1n) is 7.55. The van der Waals surface area contributed by atoms with E-state index in [1.165, 1.54) is 0 Å². The van der Waals surface area contributed by atoms with Crippen molar-refractivity contribution in [2.45, 2.75) is 37.8 Å². The molecule has 1 fully saturated rings. The molecule has 1 aromatic rings. The van der Waals surface area contributed by atoms with E-state index in [1.807, 2.05) is 24.3 Å². The van der Waals surface area contributed by atoms with Crippen molar-refractivity contribution in [3.8, 4) is 5.75 Å². The highest BCUT2D eigenvalue weighted by Crippen LogP contribution is 2.41.